The molecule has 0 N–H and O–H groups in total. The van der Waals surface area contributed by atoms with Crippen molar-refractivity contribution in [1.29, 1.82) is 0 Å². The molecular formula is C22H23N3O4. The molecule has 0 saturated carbocycles. The van der Waals surface area contributed by atoms with Crippen LogP contribution in [0.1, 0.15) is 17.9 Å². The molecule has 0 spiro atoms. The van der Waals surface area contributed by atoms with Crippen molar-refractivity contribution in [2.75, 3.05) is 33.0 Å². The average molecular weight is 393 g/mol. The van der Waals surface area contributed by atoms with Gasteiger partial charge in [-0.2, -0.15) is 0 Å². The Balaban J connectivity index is 1.11. The minimum absolute atomic E-state index is 0.162. The topological polar surface area (TPSA) is 68.0 Å². The van der Waals surface area contributed by atoms with Crippen LogP contribution < -0.4 is 9.47 Å². The van der Waals surface area contributed by atoms with Gasteiger partial charge in [0, 0.05) is 45.6 Å². The van der Waals surface area contributed by atoms with E-state index in [1.54, 1.807) is 0 Å². The zero-order valence-corrected chi connectivity index (χ0v) is 16.2. The van der Waals surface area contributed by atoms with Crippen LogP contribution in [0, 0.1) is 0 Å². The maximum absolute atomic E-state index is 12.6. The summed E-state index contributed by atoms with van der Waals surface area (Å²) in [4.78, 5) is 21.3. The average Bonchev–Trinajstić information content (AvgIpc) is 3.38. The maximum atomic E-state index is 12.6. The van der Waals surface area contributed by atoms with Crippen LogP contribution in [-0.4, -0.2) is 53.7 Å². The fraction of sp³-hybridized carbons (Fsp3) is 0.364. The fourth-order valence-corrected chi connectivity index (χ4v) is 3.85. The minimum Gasteiger partial charge on any atom is -0.454 e. The van der Waals surface area contributed by atoms with Gasteiger partial charge < -0.3 is 18.8 Å². The SMILES string of the molecule is O=C(CCc1nc2ccccc2o1)N1CCN(Cc2ccc3c(c2)OCO3)CC1. The quantitative estimate of drug-likeness (QED) is 0.664. The predicted octanol–water partition coefficient (Wildman–Crippen LogP) is 2.83. The smallest absolute Gasteiger partial charge is 0.231 e. The van der Waals surface area contributed by atoms with Gasteiger partial charge in [-0.15, -0.1) is 0 Å². The molecule has 0 radical (unpaired) electrons. The Morgan fingerprint density at radius 2 is 1.83 bits per heavy atom. The molecule has 1 fully saturated rings. The molecule has 2 aliphatic rings. The van der Waals surface area contributed by atoms with Crippen LogP contribution in [0.5, 0.6) is 11.5 Å². The van der Waals surface area contributed by atoms with E-state index >= 15 is 0 Å². The summed E-state index contributed by atoms with van der Waals surface area (Å²) in [5.41, 5.74) is 2.81. The van der Waals surface area contributed by atoms with Gasteiger partial charge in [-0.1, -0.05) is 18.2 Å². The van der Waals surface area contributed by atoms with Crippen LogP contribution in [-0.2, 0) is 17.8 Å². The molecule has 0 atom stereocenters. The lowest BCUT2D eigenvalue weighted by molar-refractivity contribution is -0.133. The second-order valence-corrected chi connectivity index (χ2v) is 7.42. The highest BCUT2D eigenvalue weighted by atomic mass is 16.7. The lowest BCUT2D eigenvalue weighted by Crippen LogP contribution is -2.48. The van der Waals surface area contributed by atoms with E-state index < -0.39 is 0 Å². The standard InChI is InChI=1S/C22H23N3O4/c26-22(8-7-21-23-17-3-1-2-4-18(17)29-21)25-11-9-24(10-12-25)14-16-5-6-19-20(13-16)28-15-27-19/h1-6,13H,7-12,14-15H2. The highest BCUT2D eigenvalue weighted by molar-refractivity contribution is 5.77. The third kappa shape index (κ3) is 3.91. The van der Waals surface area contributed by atoms with Crippen molar-refractivity contribution in [3.05, 3.63) is 53.9 Å². The largest absolute Gasteiger partial charge is 0.454 e. The van der Waals surface area contributed by atoms with Crippen LogP contribution >= 0.6 is 0 Å². The van der Waals surface area contributed by atoms with Crippen molar-refractivity contribution in [3.8, 4) is 11.5 Å². The van der Waals surface area contributed by atoms with E-state index in [2.05, 4.69) is 16.0 Å². The number of fused-ring (bicyclic) bond motifs is 2. The highest BCUT2D eigenvalue weighted by Crippen LogP contribution is 2.32. The van der Waals surface area contributed by atoms with Gasteiger partial charge in [-0.05, 0) is 29.8 Å². The summed E-state index contributed by atoms with van der Waals surface area (Å²) in [6.45, 7) is 4.37. The first-order valence-corrected chi connectivity index (χ1v) is 9.98. The zero-order chi connectivity index (χ0) is 19.6. The van der Waals surface area contributed by atoms with E-state index in [1.165, 1.54) is 5.56 Å². The van der Waals surface area contributed by atoms with Gasteiger partial charge in [0.05, 0.1) is 0 Å². The molecule has 0 unspecified atom stereocenters. The first-order valence-electron chi connectivity index (χ1n) is 9.98. The monoisotopic (exact) mass is 393 g/mol. The number of aryl methyl sites for hydroxylation is 1. The van der Waals surface area contributed by atoms with Crippen molar-refractivity contribution in [3.63, 3.8) is 0 Å². The van der Waals surface area contributed by atoms with Crippen molar-refractivity contribution in [1.82, 2.24) is 14.8 Å². The zero-order valence-electron chi connectivity index (χ0n) is 16.2. The molecule has 5 rings (SSSR count). The van der Waals surface area contributed by atoms with Crippen LogP contribution in [0.2, 0.25) is 0 Å². The number of hydrogen-bond donors (Lipinski definition) is 0. The molecule has 150 valence electrons. The van der Waals surface area contributed by atoms with E-state index in [4.69, 9.17) is 13.9 Å². The molecule has 1 saturated heterocycles. The number of benzene rings is 2. The normalized spacial score (nSPS) is 16.5. The van der Waals surface area contributed by atoms with Crippen LogP contribution in [0.3, 0.4) is 0 Å². The van der Waals surface area contributed by atoms with Gasteiger partial charge in [-0.25, -0.2) is 4.98 Å². The summed E-state index contributed by atoms with van der Waals surface area (Å²) in [6, 6.07) is 13.8. The molecule has 2 aromatic carbocycles. The van der Waals surface area contributed by atoms with Gasteiger partial charge >= 0.3 is 0 Å². The van der Waals surface area contributed by atoms with Gasteiger partial charge in [-0.3, -0.25) is 9.69 Å². The fourth-order valence-electron chi connectivity index (χ4n) is 3.85. The Kier molecular flexibility index (Phi) is 4.81. The van der Waals surface area contributed by atoms with Crippen molar-refractivity contribution < 1.29 is 18.7 Å². The summed E-state index contributed by atoms with van der Waals surface area (Å²) >= 11 is 0. The molecule has 1 amide bonds. The van der Waals surface area contributed by atoms with Gasteiger partial charge in [0.25, 0.3) is 0 Å². The Bertz CT molecular complexity index is 991. The van der Waals surface area contributed by atoms with Crippen LogP contribution in [0.4, 0.5) is 0 Å². The minimum atomic E-state index is 0.162. The number of amides is 1. The predicted molar refractivity (Wildman–Crippen MR) is 107 cm³/mol. The Morgan fingerprint density at radius 1 is 1.00 bits per heavy atom. The first-order chi connectivity index (χ1) is 14.2. The molecule has 3 heterocycles. The number of rotatable bonds is 5. The second-order valence-electron chi connectivity index (χ2n) is 7.42. The number of para-hydroxylation sites is 2. The van der Waals surface area contributed by atoms with Gasteiger partial charge in [0.1, 0.15) is 5.52 Å². The number of piperazine rings is 1. The van der Waals surface area contributed by atoms with Crippen LogP contribution in [0.25, 0.3) is 11.1 Å². The number of oxazole rings is 1. The van der Waals surface area contributed by atoms with Crippen molar-refractivity contribution in [2.45, 2.75) is 19.4 Å². The number of ether oxygens (including phenoxy) is 2. The van der Waals surface area contributed by atoms with Gasteiger partial charge in [0.15, 0.2) is 23.0 Å². The molecular weight excluding hydrogens is 370 g/mol. The van der Waals surface area contributed by atoms with Gasteiger partial charge in [0.2, 0.25) is 12.7 Å². The summed E-state index contributed by atoms with van der Waals surface area (Å²) in [7, 11) is 0. The van der Waals surface area contributed by atoms with E-state index in [-0.39, 0.29) is 5.91 Å². The third-order valence-corrected chi connectivity index (χ3v) is 5.46. The molecule has 29 heavy (non-hydrogen) atoms. The van der Waals surface area contributed by atoms with Crippen LogP contribution in [0.15, 0.2) is 46.9 Å². The Hall–Kier alpha value is -3.06. The second kappa shape index (κ2) is 7.75. The molecule has 1 aromatic heterocycles. The summed E-state index contributed by atoms with van der Waals surface area (Å²) in [5.74, 6) is 2.41. The molecule has 3 aromatic rings. The summed E-state index contributed by atoms with van der Waals surface area (Å²) in [6.07, 6.45) is 0.958. The van der Waals surface area contributed by atoms with E-state index in [0.29, 0.717) is 25.5 Å². The molecule has 7 nitrogen and oxygen atoms in total. The Morgan fingerprint density at radius 3 is 2.69 bits per heavy atom. The van der Waals surface area contributed by atoms with E-state index in [9.17, 15) is 4.79 Å². The number of carbonyl (C=O) groups is 1. The highest BCUT2D eigenvalue weighted by Gasteiger charge is 2.22. The summed E-state index contributed by atoms with van der Waals surface area (Å²) in [5, 5.41) is 0. The van der Waals surface area contributed by atoms with Crippen molar-refractivity contribution in [2.24, 2.45) is 0 Å². The maximum Gasteiger partial charge on any atom is 0.231 e. The van der Waals surface area contributed by atoms with Crippen molar-refractivity contribution >= 4 is 17.0 Å². The number of hydrogen-bond acceptors (Lipinski definition) is 6. The number of aromatic nitrogens is 1. The van der Waals surface area contributed by atoms with E-state index in [0.717, 1.165) is 55.3 Å². The third-order valence-electron chi connectivity index (χ3n) is 5.46. The lowest BCUT2D eigenvalue weighted by atomic mass is 10.1. The summed E-state index contributed by atoms with van der Waals surface area (Å²) < 4.78 is 16.5. The Labute approximate surface area is 168 Å². The first kappa shape index (κ1) is 18.0. The molecule has 0 aliphatic carbocycles. The molecule has 0 bridgehead atoms. The number of carbonyl (C=O) groups excluding carboxylic acids is 1. The molecule has 2 aliphatic heterocycles. The molecule has 7 heteroatoms. The number of nitrogens with zero attached hydrogens (tertiary/aromatic N) is 3. The lowest BCUT2D eigenvalue weighted by Gasteiger charge is -2.34. The van der Waals surface area contributed by atoms with E-state index in [1.807, 2.05) is 41.3 Å².